The van der Waals surface area contributed by atoms with E-state index in [4.69, 9.17) is 4.74 Å². The molecule has 0 N–H and O–H groups in total. The van der Waals surface area contributed by atoms with Crippen LogP contribution in [-0.2, 0) is 17.7 Å². The molecule has 0 saturated carbocycles. The van der Waals surface area contributed by atoms with Crippen LogP contribution in [0.4, 0.5) is 0 Å². The Kier molecular flexibility index (Phi) is 6.56. The Morgan fingerprint density at radius 3 is 2.58 bits per heavy atom. The molecule has 0 bridgehead atoms. The molecule has 0 fully saturated rings. The average Bonchev–Trinajstić information content (AvgIpc) is 3.15. The van der Waals surface area contributed by atoms with Crippen molar-refractivity contribution in [3.8, 4) is 11.6 Å². The maximum Gasteiger partial charge on any atom is 0.329 e. The largest absolute Gasteiger partial charge is 0.609 e. The van der Waals surface area contributed by atoms with E-state index >= 15 is 0 Å². The van der Waals surface area contributed by atoms with Gasteiger partial charge in [0.25, 0.3) is 0 Å². The monoisotopic (exact) mass is 434 g/mol. The molecule has 0 aliphatic rings. The topological polar surface area (TPSA) is 66.2 Å². The van der Waals surface area contributed by atoms with Crippen molar-refractivity contribution in [3.05, 3.63) is 78.0 Å². The van der Waals surface area contributed by atoms with Crippen molar-refractivity contribution in [2.75, 3.05) is 26.5 Å². The second-order valence-electron chi connectivity index (χ2n) is 7.50. The Morgan fingerprint density at radius 2 is 1.81 bits per heavy atom. The van der Waals surface area contributed by atoms with Gasteiger partial charge in [0.05, 0.1) is 11.0 Å². The fraction of sp³-hybridized carbons (Fsp3) is 0.250. The van der Waals surface area contributed by atoms with E-state index in [0.29, 0.717) is 17.6 Å². The van der Waals surface area contributed by atoms with Gasteiger partial charge in [0.1, 0.15) is 24.4 Å². The number of para-hydroxylation sites is 2. The SMILES string of the molecule is Cc1c(OCCN(C)Cc2ccccc2)ccnc1-n1c([S+](C)[O-])nc2ccccc21. The highest BCUT2D eigenvalue weighted by Gasteiger charge is 2.22. The summed E-state index contributed by atoms with van der Waals surface area (Å²) in [7, 11) is 2.08. The van der Waals surface area contributed by atoms with Crippen molar-refractivity contribution in [3.63, 3.8) is 0 Å². The van der Waals surface area contributed by atoms with Crippen molar-refractivity contribution in [2.24, 2.45) is 0 Å². The Bertz CT molecular complexity index is 1160. The molecular weight excluding hydrogens is 408 g/mol. The molecule has 7 heteroatoms. The van der Waals surface area contributed by atoms with Gasteiger partial charge in [-0.3, -0.25) is 4.90 Å². The molecule has 1 unspecified atom stereocenters. The van der Waals surface area contributed by atoms with Crippen LogP contribution in [0, 0.1) is 6.92 Å². The molecule has 2 aromatic carbocycles. The van der Waals surface area contributed by atoms with Gasteiger partial charge in [-0.2, -0.15) is 4.98 Å². The van der Waals surface area contributed by atoms with Crippen molar-refractivity contribution < 1.29 is 9.29 Å². The second-order valence-corrected chi connectivity index (χ2v) is 8.78. The van der Waals surface area contributed by atoms with Crippen LogP contribution in [-0.4, -0.2) is 50.4 Å². The summed E-state index contributed by atoms with van der Waals surface area (Å²) in [5, 5.41) is 0.483. The highest BCUT2D eigenvalue weighted by Crippen LogP contribution is 2.29. The summed E-state index contributed by atoms with van der Waals surface area (Å²) in [4.78, 5) is 11.4. The van der Waals surface area contributed by atoms with Crippen molar-refractivity contribution in [2.45, 2.75) is 18.6 Å². The lowest BCUT2D eigenvalue weighted by molar-refractivity contribution is 0.232. The van der Waals surface area contributed by atoms with E-state index in [1.807, 2.05) is 47.9 Å². The first kappa shape index (κ1) is 21.4. The van der Waals surface area contributed by atoms with Gasteiger partial charge in [-0.05, 0) is 37.7 Å². The lowest BCUT2D eigenvalue weighted by Gasteiger charge is -2.18. The first-order valence-corrected chi connectivity index (χ1v) is 11.7. The summed E-state index contributed by atoms with van der Waals surface area (Å²) in [5.41, 5.74) is 3.84. The number of benzene rings is 2. The van der Waals surface area contributed by atoms with E-state index < -0.39 is 11.2 Å². The molecular formula is C24H26N4O2S. The summed E-state index contributed by atoms with van der Waals surface area (Å²) >= 11 is -1.26. The number of hydrogen-bond donors (Lipinski definition) is 0. The fourth-order valence-corrected chi connectivity index (χ4v) is 4.25. The lowest BCUT2D eigenvalue weighted by Crippen LogP contribution is -2.24. The summed E-state index contributed by atoms with van der Waals surface area (Å²) in [5.74, 6) is 1.46. The van der Waals surface area contributed by atoms with Crippen LogP contribution in [0.25, 0.3) is 16.9 Å². The van der Waals surface area contributed by atoms with E-state index in [1.165, 1.54) is 5.56 Å². The zero-order chi connectivity index (χ0) is 21.8. The summed E-state index contributed by atoms with van der Waals surface area (Å²) in [6, 6.07) is 20.0. The zero-order valence-corrected chi connectivity index (χ0v) is 18.8. The maximum absolute atomic E-state index is 12.4. The molecule has 4 aromatic rings. The van der Waals surface area contributed by atoms with Crippen LogP contribution in [0.5, 0.6) is 5.75 Å². The van der Waals surface area contributed by atoms with E-state index in [2.05, 4.69) is 46.2 Å². The molecule has 0 aliphatic carbocycles. The molecule has 2 aromatic heterocycles. The minimum atomic E-state index is -1.26. The number of ether oxygens (including phenoxy) is 1. The lowest BCUT2D eigenvalue weighted by atomic mass is 10.2. The first-order chi connectivity index (χ1) is 15.0. The van der Waals surface area contributed by atoms with E-state index in [9.17, 15) is 4.55 Å². The third-order valence-electron chi connectivity index (χ3n) is 5.15. The predicted molar refractivity (Wildman–Crippen MR) is 124 cm³/mol. The number of nitrogens with zero attached hydrogens (tertiary/aromatic N) is 4. The van der Waals surface area contributed by atoms with Crippen LogP contribution in [0.15, 0.2) is 72.0 Å². The third-order valence-corrected chi connectivity index (χ3v) is 5.94. The molecule has 31 heavy (non-hydrogen) atoms. The molecule has 160 valence electrons. The molecule has 6 nitrogen and oxygen atoms in total. The quantitative estimate of drug-likeness (QED) is 0.393. The second kappa shape index (κ2) is 9.51. The highest BCUT2D eigenvalue weighted by molar-refractivity contribution is 7.90. The maximum atomic E-state index is 12.4. The molecule has 4 rings (SSSR count). The molecule has 1 atom stereocenters. The summed E-state index contributed by atoms with van der Waals surface area (Å²) in [6.45, 7) is 4.20. The Labute approximate surface area is 185 Å². The normalized spacial score (nSPS) is 12.4. The van der Waals surface area contributed by atoms with Gasteiger partial charge in [0, 0.05) is 36.0 Å². The number of aromatic nitrogens is 3. The van der Waals surface area contributed by atoms with Gasteiger partial charge >= 0.3 is 5.16 Å². The first-order valence-electron chi connectivity index (χ1n) is 10.2. The van der Waals surface area contributed by atoms with Crippen molar-refractivity contribution >= 4 is 22.2 Å². The summed E-state index contributed by atoms with van der Waals surface area (Å²) < 4.78 is 20.3. The number of pyridine rings is 1. The van der Waals surface area contributed by atoms with Crippen molar-refractivity contribution in [1.82, 2.24) is 19.4 Å². The fourth-order valence-electron chi connectivity index (χ4n) is 3.58. The number of likely N-dealkylation sites (N-methyl/N-ethyl adjacent to an activating group) is 1. The van der Waals surface area contributed by atoms with Gasteiger partial charge in [-0.15, -0.1) is 0 Å². The van der Waals surface area contributed by atoms with E-state index in [-0.39, 0.29) is 0 Å². The number of rotatable bonds is 8. The van der Waals surface area contributed by atoms with Crippen LogP contribution in [0.3, 0.4) is 0 Å². The highest BCUT2D eigenvalue weighted by atomic mass is 32.2. The molecule has 0 saturated heterocycles. The number of imidazole rings is 1. The smallest absolute Gasteiger partial charge is 0.329 e. The molecule has 0 radical (unpaired) electrons. The van der Waals surface area contributed by atoms with Crippen LogP contribution < -0.4 is 4.74 Å². The molecule has 0 aliphatic heterocycles. The van der Waals surface area contributed by atoms with Gasteiger partial charge in [-0.1, -0.05) is 42.5 Å². The average molecular weight is 435 g/mol. The van der Waals surface area contributed by atoms with Crippen LogP contribution in [0.1, 0.15) is 11.1 Å². The Morgan fingerprint density at radius 1 is 1.06 bits per heavy atom. The molecule has 0 amide bonds. The van der Waals surface area contributed by atoms with E-state index in [0.717, 1.165) is 35.4 Å². The minimum absolute atomic E-state index is 0.483. The van der Waals surface area contributed by atoms with Crippen molar-refractivity contribution in [1.29, 1.82) is 0 Å². The van der Waals surface area contributed by atoms with Gasteiger partial charge in [0.2, 0.25) is 0 Å². The van der Waals surface area contributed by atoms with E-state index in [1.54, 1.807) is 12.5 Å². The number of fused-ring (bicyclic) bond motifs is 1. The zero-order valence-electron chi connectivity index (χ0n) is 18.0. The third kappa shape index (κ3) is 4.74. The summed E-state index contributed by atoms with van der Waals surface area (Å²) in [6.07, 6.45) is 3.36. The number of hydrogen-bond acceptors (Lipinski definition) is 5. The van der Waals surface area contributed by atoms with Gasteiger partial charge in [0.15, 0.2) is 0 Å². The Hall–Kier alpha value is -2.87. The van der Waals surface area contributed by atoms with Crippen LogP contribution in [0.2, 0.25) is 0 Å². The minimum Gasteiger partial charge on any atom is -0.609 e. The van der Waals surface area contributed by atoms with Gasteiger partial charge in [-0.25, -0.2) is 9.55 Å². The molecule has 2 heterocycles. The predicted octanol–water partition coefficient (Wildman–Crippen LogP) is 3.98. The Balaban J connectivity index is 1.53. The van der Waals surface area contributed by atoms with Gasteiger partial charge < -0.3 is 9.29 Å². The molecule has 0 spiro atoms. The van der Waals surface area contributed by atoms with Crippen LogP contribution >= 0.6 is 0 Å². The standard InChI is InChI=1S/C24H26N4O2S/c1-18-22(30-16-15-27(2)17-19-9-5-4-6-10-19)13-14-25-23(18)28-21-12-8-7-11-20(21)26-24(28)31(3)29/h4-14H,15-17H2,1-3H3.